The van der Waals surface area contributed by atoms with E-state index in [1.54, 1.807) is 47.8 Å². The number of guanidine groups is 2. The molecule has 1 rings (SSSR count). The average molecular weight is 2110 g/mol. The molecule has 0 aliphatic carbocycles. The molecule has 19 atom stereocenters. The molecule has 0 bridgehead atoms. The van der Waals surface area contributed by atoms with Gasteiger partial charge in [0.2, 0.25) is 118 Å². The van der Waals surface area contributed by atoms with Crippen LogP contribution in [-0.4, -0.2) is 308 Å². The number of rotatable bonds is 73. The molecule has 0 unspecified atom stereocenters. The molecule has 0 saturated carbocycles. The smallest absolute Gasteiger partial charge is 0.338 e. The van der Waals surface area contributed by atoms with Crippen molar-refractivity contribution in [3.05, 3.63) is 29.8 Å². The lowest BCUT2D eigenvalue weighted by atomic mass is 9.97. The highest BCUT2D eigenvalue weighted by Crippen LogP contribution is 2.18. The van der Waals surface area contributed by atoms with Crippen molar-refractivity contribution < 1.29 is 151 Å². The van der Waals surface area contributed by atoms with Gasteiger partial charge in [0, 0.05) is 75.5 Å². The van der Waals surface area contributed by atoms with Gasteiger partial charge in [-0.1, -0.05) is 60.1 Å². The van der Waals surface area contributed by atoms with Gasteiger partial charge in [-0.2, -0.15) is 11.8 Å². The van der Waals surface area contributed by atoms with E-state index in [9.17, 15) is 135 Å². The molecule has 824 valence electrons. The van der Waals surface area contributed by atoms with Crippen molar-refractivity contribution in [1.29, 1.82) is 0 Å². The van der Waals surface area contributed by atoms with Crippen LogP contribution in [0.15, 0.2) is 24.3 Å². The van der Waals surface area contributed by atoms with E-state index in [1.807, 2.05) is 0 Å². The van der Waals surface area contributed by atoms with E-state index in [1.165, 1.54) is 63.7 Å². The highest BCUT2D eigenvalue weighted by molar-refractivity contribution is 7.98. The predicted molar refractivity (Wildman–Crippen MR) is 528 cm³/mol. The number of carboxylic acid groups (broad SMARTS) is 3. The van der Waals surface area contributed by atoms with Gasteiger partial charge in [-0.15, -0.1) is 0 Å². The van der Waals surface area contributed by atoms with Gasteiger partial charge in [0.25, 0.3) is 5.91 Å². The lowest BCUT2D eigenvalue weighted by molar-refractivity contribution is -0.460. The van der Waals surface area contributed by atoms with Crippen LogP contribution in [0.4, 0.5) is 0 Å². The highest BCUT2D eigenvalue weighted by atomic mass is 32.2. The highest BCUT2D eigenvalue weighted by Gasteiger charge is 2.39. The summed E-state index contributed by atoms with van der Waals surface area (Å²) in [5.41, 5.74) is 48.4. The van der Waals surface area contributed by atoms with Crippen molar-refractivity contribution in [3.63, 3.8) is 0 Å². The van der Waals surface area contributed by atoms with Crippen molar-refractivity contribution in [3.8, 4) is 5.75 Å². The normalized spacial score (nSPS) is 14.9. The third kappa shape index (κ3) is 55.7. The SMILES string of the molecule is CC[C@H](C)[C@H](NC(=O)[C@H](C)[NH3+])C(=O)N[C@H](C)C(=O)N[C@@H](C)C(=O)N[C@@H](CCC(N)=O)CC(=O)N[C@@H](CC(C)C)C(=O)N[C@@H](CCC[NH+]=C(N)N)C(=O)N[C@@H](CCC[NH+]=C(N)N)CC(=O)N[C@@H](CCSC)C(=O)N[C@@H](C)C(=O)N[C@@H](CC(=O)O)C(=O)N[C@@H](CC(=O)O)CC(=O)N[C@@H](CC(C)C)C(=O)N[C@@H](CC(N)=O)C(=O)N[C@@H](C)CC(=O)N[C@@H](CCC(N)=O)C(=O)N[C@@H](Cc1ccc(O)cc1)C(=O)N[C@@H](CCC(=O)O)C(N)=O. The van der Waals surface area contributed by atoms with Crippen molar-refractivity contribution in [2.45, 2.75) is 326 Å². The number of nitrogens with one attached hydrogen (secondary N) is 19. The number of primary amides is 4. The number of quaternary nitrogens is 1. The van der Waals surface area contributed by atoms with E-state index in [4.69, 9.17) is 45.9 Å². The van der Waals surface area contributed by atoms with Gasteiger partial charge in [0.15, 0.2) is 6.04 Å². The number of carbonyl (C=O) groups excluding carboxylic acids is 21. The van der Waals surface area contributed by atoms with Crippen LogP contribution in [0, 0.1) is 17.8 Å². The Hall–Kier alpha value is -14.8. The molecule has 1 aromatic carbocycles. The van der Waals surface area contributed by atoms with Crippen LogP contribution in [0.25, 0.3) is 0 Å². The van der Waals surface area contributed by atoms with E-state index in [2.05, 4.69) is 106 Å². The van der Waals surface area contributed by atoms with E-state index < -0.39 is 327 Å². The zero-order chi connectivity index (χ0) is 112. The zero-order valence-electron chi connectivity index (χ0n) is 84.9. The zero-order valence-corrected chi connectivity index (χ0v) is 85.7. The van der Waals surface area contributed by atoms with Crippen molar-refractivity contribution in [2.24, 2.45) is 63.6 Å². The Kier molecular flexibility index (Phi) is 59.9. The standard InChI is InChI=1S/C90H150N28O28S/c1-13-44(6)74(118-76(134)46(8)91)88(146)105-47(9)77(135)103-48(10)78(136)106-52(20-25-64(92)120)37-69(125)111-59(32-42(2)3)85(143)114-56(17-15-30-101-90(98)99)81(139)107-51(16-14-29-100-89(96)97)36-68(124)110-58(28-31-147-12)80(138)104-49(11)79(137)115-63(41-73(131)132)84(142)108-53(39-72(129)130)38-70(126)112-60(33-43(4)5)86(144)117-62(40-66(94)122)83(141)102-45(7)34-67(123)109-57(23-26-65(93)121)82(140)116-61(35-50-18-21-54(119)22-19-50)87(145)113-55(75(95)133)24-27-71(127)128/h18-19,21-22,42-49,51-53,55-63,74,119H,13-17,20,23-41,91H2,1-12H3,(H2,92,120)(H2,93,121)(H2,94,122)(H2,95,133)(H,102,141)(H,103,135)(H,104,138)(H,105,146)(H,106,136)(H,107,139)(H,108,142)(H,109,123)(H,110,124)(H,111,125)(H,112,126)(H,113,145)(H,114,143)(H,115,137)(H,116,140)(H,117,144)(H,118,134)(H,127,128)(H,129,130)(H,131,132)(H4,96,97,100)(H4,98,99,101)/p+3/t44-,45-,46-,47+,48-,49-,51-,52-,53+,55-,56-,57-,58-,59-,60-,61-,62-,63-,74-/m0/s1. The number of nitrogens with two attached hydrogens (primary N) is 8. The first kappa shape index (κ1) is 130. The third-order valence-electron chi connectivity index (χ3n) is 22.2. The maximum Gasteiger partial charge on any atom is 0.338 e. The summed E-state index contributed by atoms with van der Waals surface area (Å²) in [6.45, 7) is 17.0. The summed E-state index contributed by atoms with van der Waals surface area (Å²) in [5, 5.41) is 81.1. The molecule has 56 nitrogen and oxygen atoms in total. The number of aliphatic carboxylic acids is 3. The van der Waals surface area contributed by atoms with Crippen LogP contribution in [0.1, 0.15) is 217 Å². The number of thioether (sulfide) groups is 1. The molecule has 0 saturated heterocycles. The van der Waals surface area contributed by atoms with Gasteiger partial charge < -0.3 is 139 Å². The summed E-state index contributed by atoms with van der Waals surface area (Å²) in [6, 6.07) is -20.5. The lowest BCUT2D eigenvalue weighted by Crippen LogP contribution is -2.78. The Morgan fingerprint density at radius 2 is 0.707 bits per heavy atom. The first-order valence-corrected chi connectivity index (χ1v) is 49.3. The average Bonchev–Trinajstić information content (AvgIpc) is 0.862. The van der Waals surface area contributed by atoms with Gasteiger partial charge in [-0.3, -0.25) is 148 Å². The minimum atomic E-state index is -2.08. The Labute approximate surface area is 853 Å². The summed E-state index contributed by atoms with van der Waals surface area (Å²) in [4.78, 5) is 327. The fourth-order valence-corrected chi connectivity index (χ4v) is 14.7. The van der Waals surface area contributed by atoms with Crippen LogP contribution in [0.2, 0.25) is 0 Å². The Balaban J connectivity index is 3.55. The summed E-state index contributed by atoms with van der Waals surface area (Å²) in [6.07, 6.45) is -6.94. The molecular weight excluding hydrogens is 1950 g/mol. The predicted octanol–water partition coefficient (Wildman–Crippen LogP) is -13.7. The van der Waals surface area contributed by atoms with Crippen LogP contribution in [0.3, 0.4) is 0 Å². The number of hydrogen-bond donors (Lipinski definition) is 32. The molecule has 0 aliphatic heterocycles. The summed E-state index contributed by atoms with van der Waals surface area (Å²) in [5.74, 6) is -26.5. The van der Waals surface area contributed by atoms with Crippen molar-refractivity contribution in [1.82, 2.24) is 90.4 Å². The van der Waals surface area contributed by atoms with Gasteiger partial charge in [-0.25, -0.2) is 0 Å². The summed E-state index contributed by atoms with van der Waals surface area (Å²) < 4.78 is 0. The molecule has 147 heavy (non-hydrogen) atoms. The Morgan fingerprint density at radius 3 is 1.18 bits per heavy atom. The van der Waals surface area contributed by atoms with Gasteiger partial charge >= 0.3 is 29.8 Å². The molecular formula is C90H153N28O28S+3. The van der Waals surface area contributed by atoms with Crippen LogP contribution < -0.4 is 152 Å². The molecule has 1 aromatic rings. The number of benzene rings is 1. The molecule has 21 amide bonds. The number of amides is 21. The van der Waals surface area contributed by atoms with E-state index in [-0.39, 0.29) is 113 Å². The molecule has 42 N–H and O–H groups in total. The van der Waals surface area contributed by atoms with Gasteiger partial charge in [0.05, 0.1) is 32.4 Å². The van der Waals surface area contributed by atoms with Gasteiger partial charge in [0.1, 0.15) is 84.3 Å². The number of carboxylic acids is 3. The van der Waals surface area contributed by atoms with E-state index in [0.717, 1.165) is 6.92 Å². The fraction of sp³-hybridized carbons (Fsp3) is 0.644. The Morgan fingerprint density at radius 1 is 0.340 bits per heavy atom. The van der Waals surface area contributed by atoms with Crippen LogP contribution in [-0.2, 0) is 121 Å². The van der Waals surface area contributed by atoms with E-state index in [0.29, 0.717) is 12.0 Å². The lowest BCUT2D eigenvalue weighted by Gasteiger charge is -2.27. The number of aromatic hydroxyl groups is 1. The number of hydrogen-bond acceptors (Lipinski definition) is 26. The maximum atomic E-state index is 14.7. The third-order valence-corrected chi connectivity index (χ3v) is 22.9. The minimum absolute atomic E-state index is 0.00925. The molecule has 0 aliphatic rings. The molecule has 0 aromatic heterocycles. The monoisotopic (exact) mass is 2110 g/mol. The minimum Gasteiger partial charge on any atom is -0.508 e. The number of phenolic OH excluding ortho intramolecular Hbond substituents is 1. The molecule has 0 heterocycles. The van der Waals surface area contributed by atoms with Crippen molar-refractivity contribution >= 4 is 166 Å². The molecule has 0 spiro atoms. The molecule has 0 radical (unpaired) electrons. The van der Waals surface area contributed by atoms with Crippen LogP contribution >= 0.6 is 11.8 Å². The fourth-order valence-electron chi connectivity index (χ4n) is 14.3. The molecule has 57 heteroatoms. The summed E-state index contributed by atoms with van der Waals surface area (Å²) >= 11 is 1.24. The summed E-state index contributed by atoms with van der Waals surface area (Å²) in [7, 11) is 0. The van der Waals surface area contributed by atoms with E-state index >= 15 is 0 Å². The second-order valence-electron chi connectivity index (χ2n) is 36.8. The van der Waals surface area contributed by atoms with Gasteiger partial charge in [-0.05, 0) is 146 Å². The Bertz CT molecular complexity index is 4750. The first-order valence-electron chi connectivity index (χ1n) is 47.9. The topological polar surface area (TPSA) is 959 Å². The van der Waals surface area contributed by atoms with Crippen LogP contribution in [0.5, 0.6) is 5.75 Å². The first-order chi connectivity index (χ1) is 68.6. The molecule has 0 fully saturated rings. The second-order valence-corrected chi connectivity index (χ2v) is 37.7. The van der Waals surface area contributed by atoms with Crippen molar-refractivity contribution in [2.75, 3.05) is 25.1 Å². The number of phenols is 1. The quantitative estimate of drug-likeness (QED) is 0.0164. The maximum absolute atomic E-state index is 14.7. The second kappa shape index (κ2) is 67.7. The number of carbonyl (C=O) groups is 24. The largest absolute Gasteiger partial charge is 0.508 e.